The zero-order valence-corrected chi connectivity index (χ0v) is 14.5. The van der Waals surface area contributed by atoms with Crippen LogP contribution in [0.15, 0.2) is 59.4 Å². The standard InChI is InChI=1S/C17H13ClN2OS2/c1-2-10-20-16-13(18)6-3-7-14(16)23-17(20)19-15(21)9-8-12-5-4-11-22-12/h2-9,11H,1,10H2/b9-8+,19-17?. The van der Waals surface area contributed by atoms with Crippen LogP contribution in [0.25, 0.3) is 16.3 Å². The van der Waals surface area contributed by atoms with Crippen LogP contribution in [0.4, 0.5) is 0 Å². The second-order valence-corrected chi connectivity index (χ2v) is 7.06. The Labute approximate surface area is 146 Å². The van der Waals surface area contributed by atoms with Gasteiger partial charge in [0.2, 0.25) is 0 Å². The molecule has 0 N–H and O–H groups in total. The van der Waals surface area contributed by atoms with E-state index in [1.807, 2.05) is 40.3 Å². The number of benzene rings is 1. The number of nitrogens with zero attached hydrogens (tertiary/aromatic N) is 2. The summed E-state index contributed by atoms with van der Waals surface area (Å²) < 4.78 is 2.90. The Morgan fingerprint density at radius 3 is 2.96 bits per heavy atom. The van der Waals surface area contributed by atoms with Crippen molar-refractivity contribution in [1.82, 2.24) is 4.57 Å². The number of fused-ring (bicyclic) bond motifs is 1. The lowest BCUT2D eigenvalue weighted by Crippen LogP contribution is -2.15. The molecule has 0 spiro atoms. The summed E-state index contributed by atoms with van der Waals surface area (Å²) in [7, 11) is 0. The van der Waals surface area contributed by atoms with Crippen LogP contribution in [0.5, 0.6) is 0 Å². The molecule has 0 bridgehead atoms. The highest BCUT2D eigenvalue weighted by Gasteiger charge is 2.09. The van der Waals surface area contributed by atoms with E-state index >= 15 is 0 Å². The van der Waals surface area contributed by atoms with Crippen molar-refractivity contribution in [2.24, 2.45) is 4.99 Å². The number of para-hydroxylation sites is 1. The van der Waals surface area contributed by atoms with Crippen molar-refractivity contribution in [2.45, 2.75) is 6.54 Å². The minimum atomic E-state index is -0.293. The number of thiazole rings is 1. The van der Waals surface area contributed by atoms with E-state index in [1.54, 1.807) is 23.5 Å². The van der Waals surface area contributed by atoms with Gasteiger partial charge in [0.15, 0.2) is 4.80 Å². The average molecular weight is 361 g/mol. The fraction of sp³-hybridized carbons (Fsp3) is 0.0588. The van der Waals surface area contributed by atoms with Crippen molar-refractivity contribution in [3.63, 3.8) is 0 Å². The highest BCUT2D eigenvalue weighted by Crippen LogP contribution is 2.25. The summed E-state index contributed by atoms with van der Waals surface area (Å²) in [6.45, 7) is 4.31. The van der Waals surface area contributed by atoms with E-state index in [1.165, 1.54) is 17.4 Å². The van der Waals surface area contributed by atoms with Crippen molar-refractivity contribution in [3.8, 4) is 0 Å². The molecule has 0 aliphatic heterocycles. The number of hydrogen-bond acceptors (Lipinski definition) is 3. The molecule has 0 saturated heterocycles. The van der Waals surface area contributed by atoms with E-state index in [2.05, 4.69) is 11.6 Å². The Bertz CT molecular complexity index is 949. The smallest absolute Gasteiger partial charge is 0.272 e. The van der Waals surface area contributed by atoms with Gasteiger partial charge in [0.25, 0.3) is 5.91 Å². The molecule has 0 saturated carbocycles. The summed E-state index contributed by atoms with van der Waals surface area (Å²) in [6.07, 6.45) is 5.02. The Balaban J connectivity index is 2.04. The van der Waals surface area contributed by atoms with Crippen molar-refractivity contribution in [3.05, 3.63) is 69.1 Å². The molecule has 0 aliphatic rings. The SMILES string of the molecule is C=CCn1c(=NC(=O)/C=C/c2cccs2)sc2cccc(Cl)c21. The fourth-order valence-electron chi connectivity index (χ4n) is 2.14. The van der Waals surface area contributed by atoms with Gasteiger partial charge in [-0.25, -0.2) is 0 Å². The normalized spacial score (nSPS) is 12.3. The first kappa shape index (κ1) is 15.9. The number of hydrogen-bond donors (Lipinski definition) is 0. The molecule has 0 atom stereocenters. The van der Waals surface area contributed by atoms with Gasteiger partial charge in [-0.3, -0.25) is 4.79 Å². The lowest BCUT2D eigenvalue weighted by atomic mass is 10.3. The molecular weight excluding hydrogens is 348 g/mol. The molecule has 0 aliphatic carbocycles. The molecule has 2 aromatic heterocycles. The number of rotatable bonds is 4. The first-order chi connectivity index (χ1) is 11.2. The van der Waals surface area contributed by atoms with Gasteiger partial charge in [-0.05, 0) is 29.7 Å². The van der Waals surface area contributed by atoms with E-state index < -0.39 is 0 Å². The van der Waals surface area contributed by atoms with Crippen molar-refractivity contribution in [2.75, 3.05) is 0 Å². The van der Waals surface area contributed by atoms with Crippen LogP contribution >= 0.6 is 34.3 Å². The molecule has 2 heterocycles. The summed E-state index contributed by atoms with van der Waals surface area (Å²) in [4.78, 5) is 18.0. The largest absolute Gasteiger partial charge is 0.311 e. The first-order valence-corrected chi connectivity index (χ1v) is 8.95. The van der Waals surface area contributed by atoms with Gasteiger partial charge in [0, 0.05) is 17.5 Å². The lowest BCUT2D eigenvalue weighted by molar-refractivity contribution is -0.113. The number of carbonyl (C=O) groups excluding carboxylic acids is 1. The average Bonchev–Trinajstić information content (AvgIpc) is 3.15. The molecule has 6 heteroatoms. The summed E-state index contributed by atoms with van der Waals surface area (Å²) in [5, 5.41) is 2.61. The van der Waals surface area contributed by atoms with Gasteiger partial charge in [0.05, 0.1) is 15.2 Å². The predicted molar refractivity (Wildman–Crippen MR) is 98.9 cm³/mol. The van der Waals surface area contributed by atoms with E-state index in [0.717, 1.165) is 15.1 Å². The molecule has 23 heavy (non-hydrogen) atoms. The highest BCUT2D eigenvalue weighted by atomic mass is 35.5. The zero-order chi connectivity index (χ0) is 16.2. The Morgan fingerprint density at radius 1 is 1.35 bits per heavy atom. The molecular formula is C17H13ClN2OS2. The molecule has 0 fully saturated rings. The molecule has 3 aromatic rings. The maximum atomic E-state index is 12.1. The third-order valence-electron chi connectivity index (χ3n) is 3.10. The van der Waals surface area contributed by atoms with Crippen LogP contribution in [0, 0.1) is 0 Å². The Hall–Kier alpha value is -1.95. The zero-order valence-electron chi connectivity index (χ0n) is 12.1. The maximum absolute atomic E-state index is 12.1. The van der Waals surface area contributed by atoms with Gasteiger partial charge in [-0.2, -0.15) is 4.99 Å². The van der Waals surface area contributed by atoms with Crippen molar-refractivity contribution < 1.29 is 4.79 Å². The van der Waals surface area contributed by atoms with Crippen LogP contribution in [0.1, 0.15) is 4.88 Å². The van der Waals surface area contributed by atoms with Crippen molar-refractivity contribution >= 4 is 56.5 Å². The number of allylic oxidation sites excluding steroid dienone is 1. The molecule has 1 aromatic carbocycles. The van der Waals surface area contributed by atoms with Gasteiger partial charge in [0.1, 0.15) is 0 Å². The second-order valence-electron chi connectivity index (χ2n) is 4.67. The van der Waals surface area contributed by atoms with Gasteiger partial charge in [-0.1, -0.05) is 41.1 Å². The summed E-state index contributed by atoms with van der Waals surface area (Å²) in [5.74, 6) is -0.293. The second kappa shape index (κ2) is 7.08. The number of aromatic nitrogens is 1. The topological polar surface area (TPSA) is 34.4 Å². The quantitative estimate of drug-likeness (QED) is 0.488. The number of thiophene rings is 1. The summed E-state index contributed by atoms with van der Waals surface area (Å²) in [5.41, 5.74) is 0.882. The van der Waals surface area contributed by atoms with Gasteiger partial charge >= 0.3 is 0 Å². The van der Waals surface area contributed by atoms with Crippen LogP contribution in [0.3, 0.4) is 0 Å². The number of amides is 1. The molecule has 1 amide bonds. The van der Waals surface area contributed by atoms with E-state index in [-0.39, 0.29) is 5.91 Å². The van der Waals surface area contributed by atoms with Crippen LogP contribution in [0.2, 0.25) is 5.02 Å². The molecule has 0 radical (unpaired) electrons. The molecule has 3 nitrogen and oxygen atoms in total. The third-order valence-corrected chi connectivity index (χ3v) is 5.29. The minimum Gasteiger partial charge on any atom is -0.311 e. The van der Waals surface area contributed by atoms with Gasteiger partial charge < -0.3 is 4.57 Å². The van der Waals surface area contributed by atoms with E-state index in [9.17, 15) is 4.79 Å². The van der Waals surface area contributed by atoms with Crippen molar-refractivity contribution in [1.29, 1.82) is 0 Å². The number of carbonyl (C=O) groups is 1. The first-order valence-electron chi connectivity index (χ1n) is 6.88. The fourth-order valence-corrected chi connectivity index (χ4v) is 4.16. The lowest BCUT2D eigenvalue weighted by Gasteiger charge is -2.02. The number of halogens is 1. The highest BCUT2D eigenvalue weighted by molar-refractivity contribution is 7.16. The monoisotopic (exact) mass is 360 g/mol. The molecule has 0 unspecified atom stereocenters. The minimum absolute atomic E-state index is 0.293. The van der Waals surface area contributed by atoms with Crippen LogP contribution in [-0.4, -0.2) is 10.5 Å². The van der Waals surface area contributed by atoms with Crippen LogP contribution < -0.4 is 4.80 Å². The van der Waals surface area contributed by atoms with E-state index in [4.69, 9.17) is 11.6 Å². The molecule has 3 rings (SSSR count). The Kier molecular flexibility index (Phi) is 4.91. The maximum Gasteiger partial charge on any atom is 0.272 e. The summed E-state index contributed by atoms with van der Waals surface area (Å²) in [6, 6.07) is 9.58. The third kappa shape index (κ3) is 3.52. The van der Waals surface area contributed by atoms with E-state index in [0.29, 0.717) is 16.4 Å². The predicted octanol–water partition coefficient (Wildman–Crippen LogP) is 4.74. The Morgan fingerprint density at radius 2 is 2.22 bits per heavy atom. The molecule has 116 valence electrons. The van der Waals surface area contributed by atoms with Crippen LogP contribution in [-0.2, 0) is 11.3 Å². The summed E-state index contributed by atoms with van der Waals surface area (Å²) >= 11 is 9.30. The van der Waals surface area contributed by atoms with Gasteiger partial charge in [-0.15, -0.1) is 17.9 Å².